The Hall–Kier alpha value is -3.91. The van der Waals surface area contributed by atoms with Crippen molar-refractivity contribution in [2.45, 2.75) is 6.92 Å². The number of methoxy groups -OCH3 is 2. The van der Waals surface area contributed by atoms with Gasteiger partial charge in [0.15, 0.2) is 0 Å². The number of nitrogens with one attached hydrogen (secondary N) is 2. The number of amides is 2. The van der Waals surface area contributed by atoms with Crippen molar-refractivity contribution in [3.8, 4) is 11.5 Å². The molecule has 0 atom stereocenters. The Morgan fingerprint density at radius 1 is 1.00 bits per heavy atom. The molecule has 0 radical (unpaired) electrons. The van der Waals surface area contributed by atoms with Gasteiger partial charge in [0.25, 0.3) is 11.8 Å². The molecule has 0 saturated heterocycles. The molecule has 32 heavy (non-hydrogen) atoms. The predicted octanol–water partition coefficient (Wildman–Crippen LogP) is 3.99. The molecule has 0 aliphatic carbocycles. The molecule has 8 heteroatoms. The van der Waals surface area contributed by atoms with Crippen molar-refractivity contribution in [1.82, 2.24) is 10.7 Å². The lowest BCUT2D eigenvalue weighted by Gasteiger charge is -2.11. The number of rotatable bonds is 8. The Bertz CT molecular complexity index is 1150. The van der Waals surface area contributed by atoms with Gasteiger partial charge in [0.2, 0.25) is 0 Å². The van der Waals surface area contributed by atoms with E-state index >= 15 is 0 Å². The molecule has 164 valence electrons. The van der Waals surface area contributed by atoms with Crippen LogP contribution in [-0.2, 0) is 4.79 Å². The molecule has 2 N–H and O–H groups in total. The van der Waals surface area contributed by atoms with Crippen LogP contribution >= 0.6 is 11.3 Å². The van der Waals surface area contributed by atoms with Crippen LogP contribution in [0, 0.1) is 6.92 Å². The van der Waals surface area contributed by atoms with E-state index in [1.165, 1.54) is 13.2 Å². The minimum Gasteiger partial charge on any atom is -0.497 e. The molecule has 0 bridgehead atoms. The van der Waals surface area contributed by atoms with Crippen LogP contribution in [0.5, 0.6) is 11.5 Å². The van der Waals surface area contributed by atoms with Gasteiger partial charge in [-0.2, -0.15) is 5.10 Å². The fourth-order valence-corrected chi connectivity index (χ4v) is 3.54. The number of ether oxygens (including phenoxy) is 2. The molecule has 0 aliphatic rings. The average molecular weight is 450 g/mol. The van der Waals surface area contributed by atoms with E-state index in [1.54, 1.807) is 67.1 Å². The molecule has 0 spiro atoms. The lowest BCUT2D eigenvalue weighted by molar-refractivity contribution is -0.117. The summed E-state index contributed by atoms with van der Waals surface area (Å²) in [6.45, 7) is 1.99. The number of carbonyl (C=O) groups is 2. The lowest BCUT2D eigenvalue weighted by atomic mass is 10.1. The zero-order valence-electron chi connectivity index (χ0n) is 17.9. The van der Waals surface area contributed by atoms with Crippen LogP contribution < -0.4 is 20.2 Å². The van der Waals surface area contributed by atoms with Crippen molar-refractivity contribution < 1.29 is 19.1 Å². The molecule has 3 aromatic rings. The zero-order chi connectivity index (χ0) is 22.9. The molecule has 0 saturated carbocycles. The normalized spacial score (nSPS) is 11.3. The minimum absolute atomic E-state index is 0.00455. The van der Waals surface area contributed by atoms with Crippen molar-refractivity contribution >= 4 is 35.4 Å². The highest BCUT2D eigenvalue weighted by atomic mass is 32.1. The van der Waals surface area contributed by atoms with Gasteiger partial charge in [0.1, 0.15) is 17.2 Å². The van der Waals surface area contributed by atoms with E-state index in [-0.39, 0.29) is 5.70 Å². The van der Waals surface area contributed by atoms with Gasteiger partial charge < -0.3 is 14.8 Å². The number of aryl methyl sites for hydroxylation is 1. The number of carbonyl (C=O) groups excluding carboxylic acids is 2. The van der Waals surface area contributed by atoms with Crippen molar-refractivity contribution in [3.63, 3.8) is 0 Å². The third-order valence-corrected chi connectivity index (χ3v) is 5.32. The van der Waals surface area contributed by atoms with E-state index in [9.17, 15) is 9.59 Å². The number of hydrazone groups is 1. The van der Waals surface area contributed by atoms with E-state index in [0.29, 0.717) is 22.6 Å². The van der Waals surface area contributed by atoms with E-state index in [0.717, 1.165) is 9.75 Å². The minimum atomic E-state index is -0.580. The summed E-state index contributed by atoms with van der Waals surface area (Å²) in [6, 6.07) is 17.7. The largest absolute Gasteiger partial charge is 0.497 e. The summed E-state index contributed by atoms with van der Waals surface area (Å²) in [7, 11) is 3.07. The lowest BCUT2D eigenvalue weighted by Crippen LogP contribution is -2.32. The van der Waals surface area contributed by atoms with Gasteiger partial charge in [0.05, 0.1) is 20.4 Å². The van der Waals surface area contributed by atoms with Crippen LogP contribution in [-0.4, -0.2) is 32.2 Å². The standard InChI is InChI=1S/C24H23N3O4S/c1-16-9-11-20(32-16)15-25-27-24(29)21(26-23(28)17-7-5-4-6-8-17)14-18-13-19(30-2)10-12-22(18)31-3/h4-15H,1-3H3,(H,26,28)(H,27,29)/b21-14+,25-15+. The van der Waals surface area contributed by atoms with Gasteiger partial charge in [-0.05, 0) is 55.5 Å². The second-order valence-corrected chi connectivity index (χ2v) is 7.95. The third-order valence-electron chi connectivity index (χ3n) is 4.38. The summed E-state index contributed by atoms with van der Waals surface area (Å²) in [4.78, 5) is 27.6. The maximum Gasteiger partial charge on any atom is 0.287 e. The fraction of sp³-hybridized carbons (Fsp3) is 0.125. The number of hydrogen-bond donors (Lipinski definition) is 2. The maximum atomic E-state index is 12.9. The maximum absolute atomic E-state index is 12.9. The Kier molecular flexibility index (Phi) is 7.77. The molecule has 1 aromatic heterocycles. The first-order chi connectivity index (χ1) is 15.5. The van der Waals surface area contributed by atoms with E-state index < -0.39 is 11.8 Å². The summed E-state index contributed by atoms with van der Waals surface area (Å²) in [5, 5.41) is 6.68. The molecule has 0 aliphatic heterocycles. The summed E-state index contributed by atoms with van der Waals surface area (Å²) in [5.74, 6) is 0.0929. The first-order valence-corrected chi connectivity index (χ1v) is 10.5. The van der Waals surface area contributed by atoms with Crippen LogP contribution in [0.4, 0.5) is 0 Å². The van der Waals surface area contributed by atoms with Crippen LogP contribution in [0.15, 0.2) is 71.5 Å². The molecule has 1 heterocycles. The van der Waals surface area contributed by atoms with E-state index in [1.807, 2.05) is 25.1 Å². The quantitative estimate of drug-likeness (QED) is 0.309. The van der Waals surface area contributed by atoms with Gasteiger partial charge in [0, 0.05) is 20.9 Å². The van der Waals surface area contributed by atoms with Crippen molar-refractivity contribution in [2.75, 3.05) is 14.2 Å². The fourth-order valence-electron chi connectivity index (χ4n) is 2.79. The van der Waals surface area contributed by atoms with Crippen LogP contribution in [0.2, 0.25) is 0 Å². The Morgan fingerprint density at radius 2 is 1.78 bits per heavy atom. The van der Waals surface area contributed by atoms with Crippen LogP contribution in [0.25, 0.3) is 6.08 Å². The SMILES string of the molecule is COc1ccc(OC)c(/C=C(/NC(=O)c2ccccc2)C(=O)N/N=C/c2ccc(C)s2)c1. The molecule has 3 rings (SSSR count). The molecule has 7 nitrogen and oxygen atoms in total. The molecule has 2 aromatic carbocycles. The highest BCUT2D eigenvalue weighted by Gasteiger charge is 2.16. The van der Waals surface area contributed by atoms with Crippen molar-refractivity contribution in [3.05, 3.63) is 87.2 Å². The first kappa shape index (κ1) is 22.8. The highest BCUT2D eigenvalue weighted by Crippen LogP contribution is 2.26. The second-order valence-electron chi connectivity index (χ2n) is 6.63. The third kappa shape index (κ3) is 6.05. The van der Waals surface area contributed by atoms with Gasteiger partial charge >= 0.3 is 0 Å². The number of nitrogens with zero attached hydrogens (tertiary/aromatic N) is 1. The predicted molar refractivity (Wildman–Crippen MR) is 126 cm³/mol. The Labute approximate surface area is 190 Å². The zero-order valence-corrected chi connectivity index (χ0v) is 18.7. The van der Waals surface area contributed by atoms with Gasteiger partial charge in [-0.25, -0.2) is 5.43 Å². The van der Waals surface area contributed by atoms with Crippen molar-refractivity contribution in [2.24, 2.45) is 5.10 Å². The monoisotopic (exact) mass is 449 g/mol. The van der Waals surface area contributed by atoms with Crippen LogP contribution in [0.3, 0.4) is 0 Å². The second kappa shape index (κ2) is 10.9. The number of benzene rings is 2. The summed E-state index contributed by atoms with van der Waals surface area (Å²) >= 11 is 1.55. The van der Waals surface area contributed by atoms with Gasteiger partial charge in [-0.1, -0.05) is 18.2 Å². The Morgan fingerprint density at radius 3 is 2.44 bits per heavy atom. The average Bonchev–Trinajstić information content (AvgIpc) is 3.23. The van der Waals surface area contributed by atoms with E-state index in [2.05, 4.69) is 15.8 Å². The summed E-state index contributed by atoms with van der Waals surface area (Å²) in [5.41, 5.74) is 3.45. The first-order valence-electron chi connectivity index (χ1n) is 9.70. The molecule has 0 fully saturated rings. The molecular weight excluding hydrogens is 426 g/mol. The molecule has 2 amide bonds. The van der Waals surface area contributed by atoms with Crippen LogP contribution in [0.1, 0.15) is 25.7 Å². The van der Waals surface area contributed by atoms with Gasteiger partial charge in [-0.3, -0.25) is 9.59 Å². The van der Waals surface area contributed by atoms with E-state index in [4.69, 9.17) is 9.47 Å². The smallest absolute Gasteiger partial charge is 0.287 e. The number of hydrogen-bond acceptors (Lipinski definition) is 6. The highest BCUT2D eigenvalue weighted by molar-refractivity contribution is 7.13. The molecule has 0 unspecified atom stereocenters. The topological polar surface area (TPSA) is 89.0 Å². The van der Waals surface area contributed by atoms with Crippen molar-refractivity contribution in [1.29, 1.82) is 0 Å². The Balaban J connectivity index is 1.90. The molecular formula is C24H23N3O4S. The summed E-state index contributed by atoms with van der Waals surface area (Å²) < 4.78 is 10.7. The van der Waals surface area contributed by atoms with Gasteiger partial charge in [-0.15, -0.1) is 11.3 Å². The summed E-state index contributed by atoms with van der Waals surface area (Å²) in [6.07, 6.45) is 3.07. The number of thiophene rings is 1.